The number of nitrogens with one attached hydrogen (secondary N) is 2. The van der Waals surface area contributed by atoms with E-state index in [0.29, 0.717) is 12.5 Å². The Morgan fingerprint density at radius 2 is 2.41 bits per heavy atom. The topological polar surface area (TPSA) is 54.0 Å². The minimum atomic E-state index is 0.183. The minimum absolute atomic E-state index is 0.183. The molecule has 0 spiro atoms. The van der Waals surface area contributed by atoms with E-state index in [1.807, 2.05) is 0 Å². The molecule has 0 radical (unpaired) electrons. The monoisotopic (exact) mass is 253 g/mol. The molecule has 1 amide bonds. The number of aromatic nitrogens is 1. The van der Waals surface area contributed by atoms with Crippen molar-refractivity contribution in [3.8, 4) is 0 Å². The van der Waals surface area contributed by atoms with Gasteiger partial charge in [0.25, 0.3) is 0 Å². The predicted molar refractivity (Wildman–Crippen MR) is 70.4 cm³/mol. The van der Waals surface area contributed by atoms with Crippen LogP contribution in [0.25, 0.3) is 0 Å². The summed E-state index contributed by atoms with van der Waals surface area (Å²) < 4.78 is 0. The smallest absolute Gasteiger partial charge is 0.220 e. The molecule has 1 aromatic rings. The average molecular weight is 253 g/mol. The number of thiazole rings is 1. The number of hydrogen-bond donors (Lipinski definition) is 2. The molecule has 2 N–H and O–H groups in total. The second-order valence-corrected chi connectivity index (χ2v) is 5.23. The molecule has 5 heteroatoms. The fraction of sp³-hybridized carbons (Fsp3) is 0.667. The van der Waals surface area contributed by atoms with E-state index in [-0.39, 0.29) is 5.91 Å². The maximum atomic E-state index is 11.4. The van der Waals surface area contributed by atoms with Gasteiger partial charge < -0.3 is 10.6 Å². The van der Waals surface area contributed by atoms with E-state index >= 15 is 0 Å². The summed E-state index contributed by atoms with van der Waals surface area (Å²) in [5, 5.41) is 9.27. The van der Waals surface area contributed by atoms with E-state index in [0.717, 1.165) is 43.1 Å². The van der Waals surface area contributed by atoms with Gasteiger partial charge in [-0.1, -0.05) is 6.92 Å². The number of aryl methyl sites for hydroxylation is 1. The van der Waals surface area contributed by atoms with Gasteiger partial charge >= 0.3 is 0 Å². The Morgan fingerprint density at radius 1 is 1.59 bits per heavy atom. The second kappa shape index (κ2) is 6.00. The molecule has 17 heavy (non-hydrogen) atoms. The van der Waals surface area contributed by atoms with Gasteiger partial charge in [0.15, 0.2) is 5.13 Å². The van der Waals surface area contributed by atoms with Gasteiger partial charge in [-0.05, 0) is 25.7 Å². The van der Waals surface area contributed by atoms with Crippen molar-refractivity contribution in [2.75, 3.05) is 11.9 Å². The van der Waals surface area contributed by atoms with E-state index in [4.69, 9.17) is 0 Å². The third kappa shape index (κ3) is 4.34. The van der Waals surface area contributed by atoms with Crippen molar-refractivity contribution in [2.24, 2.45) is 0 Å². The molecule has 0 unspecified atom stereocenters. The van der Waals surface area contributed by atoms with Crippen molar-refractivity contribution >= 4 is 22.4 Å². The molecule has 0 atom stereocenters. The van der Waals surface area contributed by atoms with Gasteiger partial charge in [-0.3, -0.25) is 4.79 Å². The molecule has 2 rings (SSSR count). The fourth-order valence-electron chi connectivity index (χ4n) is 1.52. The average Bonchev–Trinajstić information content (AvgIpc) is 3.01. The van der Waals surface area contributed by atoms with Gasteiger partial charge in [-0.25, -0.2) is 4.98 Å². The van der Waals surface area contributed by atoms with Crippen LogP contribution in [0.15, 0.2) is 5.38 Å². The number of anilines is 1. The molecule has 0 aliphatic heterocycles. The van der Waals surface area contributed by atoms with Crippen LogP contribution in [0, 0.1) is 0 Å². The summed E-state index contributed by atoms with van der Waals surface area (Å²) in [5.74, 6) is 0.183. The fourth-order valence-corrected chi connectivity index (χ4v) is 2.34. The molecule has 1 aliphatic carbocycles. The predicted octanol–water partition coefficient (Wildman–Crippen LogP) is 2.18. The highest BCUT2D eigenvalue weighted by Gasteiger charge is 2.22. The van der Waals surface area contributed by atoms with Crippen molar-refractivity contribution in [3.63, 3.8) is 0 Å². The lowest BCUT2D eigenvalue weighted by Gasteiger charge is -2.03. The molecule has 1 saturated carbocycles. The van der Waals surface area contributed by atoms with Crippen LogP contribution in [-0.2, 0) is 11.2 Å². The van der Waals surface area contributed by atoms with Crippen LogP contribution in [0.3, 0.4) is 0 Å². The molecule has 4 nitrogen and oxygen atoms in total. The second-order valence-electron chi connectivity index (χ2n) is 4.37. The molecule has 1 heterocycles. The lowest BCUT2D eigenvalue weighted by Crippen LogP contribution is -2.25. The van der Waals surface area contributed by atoms with Crippen LogP contribution >= 0.6 is 11.3 Å². The summed E-state index contributed by atoms with van der Waals surface area (Å²) in [6.45, 7) is 2.91. The lowest BCUT2D eigenvalue weighted by molar-refractivity contribution is -0.121. The number of rotatable bonds is 7. The van der Waals surface area contributed by atoms with Crippen molar-refractivity contribution < 1.29 is 4.79 Å². The van der Waals surface area contributed by atoms with Gasteiger partial charge in [0.05, 0.1) is 5.69 Å². The summed E-state index contributed by atoms with van der Waals surface area (Å²) in [6.07, 6.45) is 4.75. The minimum Gasteiger partial charge on any atom is -0.362 e. The summed E-state index contributed by atoms with van der Waals surface area (Å²) in [7, 11) is 0. The Balaban J connectivity index is 1.57. The van der Waals surface area contributed by atoms with Crippen LogP contribution in [0.5, 0.6) is 0 Å². The largest absolute Gasteiger partial charge is 0.362 e. The van der Waals surface area contributed by atoms with Crippen molar-refractivity contribution in [1.29, 1.82) is 0 Å². The third-order valence-corrected chi connectivity index (χ3v) is 3.56. The highest BCUT2D eigenvalue weighted by molar-refractivity contribution is 7.13. The first-order valence-corrected chi connectivity index (χ1v) is 7.13. The first-order chi connectivity index (χ1) is 8.28. The molecule has 0 bridgehead atoms. The standard InChI is InChI=1S/C12H19N3OS/c1-2-9-8-17-12(15-9)13-7-3-4-11(16)14-10-5-6-10/h8,10H,2-7H2,1H3,(H,13,15)(H,14,16). The Bertz CT molecular complexity index is 374. The Kier molecular flexibility index (Phi) is 4.36. The maximum absolute atomic E-state index is 11.4. The molecule has 94 valence electrons. The van der Waals surface area contributed by atoms with E-state index in [9.17, 15) is 4.79 Å². The molecule has 1 fully saturated rings. The molecule has 0 saturated heterocycles. The van der Waals surface area contributed by atoms with Crippen molar-refractivity contribution in [3.05, 3.63) is 11.1 Å². The van der Waals surface area contributed by atoms with Gasteiger partial charge in [0.2, 0.25) is 5.91 Å². The Hall–Kier alpha value is -1.10. The van der Waals surface area contributed by atoms with Gasteiger partial charge in [0.1, 0.15) is 0 Å². The maximum Gasteiger partial charge on any atom is 0.220 e. The Labute approximate surface area is 106 Å². The zero-order valence-corrected chi connectivity index (χ0v) is 11.0. The number of amides is 1. The molecule has 1 aliphatic rings. The zero-order valence-electron chi connectivity index (χ0n) is 10.2. The van der Waals surface area contributed by atoms with E-state index in [2.05, 4.69) is 27.9 Å². The van der Waals surface area contributed by atoms with Crippen LogP contribution in [0.2, 0.25) is 0 Å². The number of hydrogen-bond acceptors (Lipinski definition) is 4. The number of carbonyl (C=O) groups is 1. The number of nitrogens with zero attached hydrogens (tertiary/aromatic N) is 1. The van der Waals surface area contributed by atoms with E-state index in [1.165, 1.54) is 0 Å². The molecule has 0 aromatic carbocycles. The van der Waals surface area contributed by atoms with Crippen molar-refractivity contribution in [2.45, 2.75) is 45.1 Å². The summed E-state index contributed by atoms with van der Waals surface area (Å²) in [6, 6.07) is 0.474. The highest BCUT2D eigenvalue weighted by Crippen LogP contribution is 2.19. The van der Waals surface area contributed by atoms with E-state index in [1.54, 1.807) is 11.3 Å². The summed E-state index contributed by atoms with van der Waals surface area (Å²) in [5.41, 5.74) is 1.13. The quantitative estimate of drug-likeness (QED) is 0.732. The Morgan fingerprint density at radius 3 is 3.06 bits per heavy atom. The van der Waals surface area contributed by atoms with Crippen LogP contribution < -0.4 is 10.6 Å². The van der Waals surface area contributed by atoms with Gasteiger partial charge in [-0.15, -0.1) is 11.3 Å². The normalized spacial score (nSPS) is 14.6. The molecular formula is C12H19N3OS. The summed E-state index contributed by atoms with van der Waals surface area (Å²) in [4.78, 5) is 15.8. The van der Waals surface area contributed by atoms with Gasteiger partial charge in [0, 0.05) is 24.4 Å². The van der Waals surface area contributed by atoms with Crippen LogP contribution in [0.4, 0.5) is 5.13 Å². The summed E-state index contributed by atoms with van der Waals surface area (Å²) >= 11 is 1.63. The highest BCUT2D eigenvalue weighted by atomic mass is 32.1. The SMILES string of the molecule is CCc1csc(NCCCC(=O)NC2CC2)n1. The third-order valence-electron chi connectivity index (χ3n) is 2.71. The van der Waals surface area contributed by atoms with Crippen molar-refractivity contribution in [1.82, 2.24) is 10.3 Å². The molecule has 1 aromatic heterocycles. The first kappa shape index (κ1) is 12.4. The number of carbonyl (C=O) groups excluding carboxylic acids is 1. The van der Waals surface area contributed by atoms with Crippen LogP contribution in [0.1, 0.15) is 38.3 Å². The lowest BCUT2D eigenvalue weighted by atomic mass is 10.3. The van der Waals surface area contributed by atoms with E-state index < -0.39 is 0 Å². The van der Waals surface area contributed by atoms with Crippen LogP contribution in [-0.4, -0.2) is 23.5 Å². The first-order valence-electron chi connectivity index (χ1n) is 6.25. The van der Waals surface area contributed by atoms with Gasteiger partial charge in [-0.2, -0.15) is 0 Å². The zero-order chi connectivity index (χ0) is 12.1. The molecular weight excluding hydrogens is 234 g/mol.